The predicted octanol–water partition coefficient (Wildman–Crippen LogP) is 3.47. The number of piperidine rings is 1. The first kappa shape index (κ1) is 30.1. The molecule has 5 rings (SSSR count). The van der Waals surface area contributed by atoms with Crippen molar-refractivity contribution in [2.24, 2.45) is 0 Å². The number of amides is 3. The molecule has 3 amide bonds. The maximum atomic E-state index is 13.4. The Morgan fingerprint density at radius 3 is 2.72 bits per heavy atom. The van der Waals surface area contributed by atoms with Gasteiger partial charge in [-0.05, 0) is 63.1 Å². The quantitative estimate of drug-likeness (QED) is 0.485. The monoisotopic (exact) mass is 589 g/mol. The van der Waals surface area contributed by atoms with Gasteiger partial charge in [-0.1, -0.05) is 12.1 Å². The fraction of sp³-hybridized carbons (Fsp3) is 0.438. The van der Waals surface area contributed by atoms with E-state index in [-0.39, 0.29) is 30.4 Å². The van der Waals surface area contributed by atoms with Gasteiger partial charge in [0.25, 0.3) is 5.91 Å². The van der Waals surface area contributed by atoms with Crippen LogP contribution in [0.4, 0.5) is 0 Å². The van der Waals surface area contributed by atoms with Crippen molar-refractivity contribution in [1.29, 1.82) is 0 Å². The summed E-state index contributed by atoms with van der Waals surface area (Å²) in [7, 11) is 1.58. The predicted molar refractivity (Wildman–Crippen MR) is 159 cm³/mol. The summed E-state index contributed by atoms with van der Waals surface area (Å²) in [5.41, 5.74) is 3.17. The highest BCUT2D eigenvalue weighted by molar-refractivity contribution is 5.97. The Morgan fingerprint density at radius 2 is 1.95 bits per heavy atom. The third-order valence-corrected chi connectivity index (χ3v) is 7.65. The molecule has 2 aromatic carbocycles. The van der Waals surface area contributed by atoms with Gasteiger partial charge in [0.05, 0.1) is 37.6 Å². The Kier molecular flexibility index (Phi) is 9.30. The molecule has 1 aromatic heterocycles. The van der Waals surface area contributed by atoms with Crippen LogP contribution in [0.2, 0.25) is 0 Å². The van der Waals surface area contributed by atoms with E-state index in [9.17, 15) is 14.4 Å². The van der Waals surface area contributed by atoms with Crippen molar-refractivity contribution in [1.82, 2.24) is 24.9 Å². The largest absolute Gasteiger partial charge is 0.494 e. The van der Waals surface area contributed by atoms with Gasteiger partial charge in [-0.2, -0.15) is 5.10 Å². The highest BCUT2D eigenvalue weighted by atomic mass is 16.5. The first-order chi connectivity index (χ1) is 20.7. The normalized spacial score (nSPS) is 19.3. The zero-order valence-corrected chi connectivity index (χ0v) is 25.2. The molecule has 3 aromatic rings. The number of aryl methyl sites for hydroxylation is 3. The van der Waals surface area contributed by atoms with Gasteiger partial charge < -0.3 is 29.3 Å². The molecule has 4 bridgehead atoms. The maximum absolute atomic E-state index is 13.4. The number of nitrogens with zero attached hydrogens (tertiary/aromatic N) is 4. The number of hydrogen-bond acceptors (Lipinski definition) is 7. The summed E-state index contributed by atoms with van der Waals surface area (Å²) >= 11 is 0. The van der Waals surface area contributed by atoms with Gasteiger partial charge in [-0.25, -0.2) is 0 Å². The van der Waals surface area contributed by atoms with Crippen LogP contribution in [0.1, 0.15) is 47.1 Å². The Bertz CT molecular complexity index is 1490. The highest BCUT2D eigenvalue weighted by Crippen LogP contribution is 2.29. The minimum absolute atomic E-state index is 0.00507. The van der Waals surface area contributed by atoms with Crippen molar-refractivity contribution >= 4 is 17.7 Å². The van der Waals surface area contributed by atoms with Crippen LogP contribution in [0.3, 0.4) is 0 Å². The summed E-state index contributed by atoms with van der Waals surface area (Å²) < 4.78 is 20.0. The summed E-state index contributed by atoms with van der Waals surface area (Å²) in [5.74, 6) is 0.857. The Morgan fingerprint density at radius 1 is 1.12 bits per heavy atom. The molecule has 2 atom stereocenters. The van der Waals surface area contributed by atoms with Crippen LogP contribution in [0.15, 0.2) is 48.5 Å². The lowest BCUT2D eigenvalue weighted by molar-refractivity contribution is -0.137. The van der Waals surface area contributed by atoms with Gasteiger partial charge in [-0.15, -0.1) is 0 Å². The molecule has 2 aliphatic rings. The first-order valence-corrected chi connectivity index (χ1v) is 14.7. The van der Waals surface area contributed by atoms with Crippen molar-refractivity contribution in [3.05, 3.63) is 71.0 Å². The van der Waals surface area contributed by atoms with Crippen LogP contribution >= 0.6 is 0 Å². The minimum atomic E-state index is -0.442. The summed E-state index contributed by atoms with van der Waals surface area (Å²) in [6.07, 6.45) is 0.553. The second-order valence-electron chi connectivity index (χ2n) is 11.1. The van der Waals surface area contributed by atoms with E-state index < -0.39 is 6.04 Å². The topological polar surface area (TPSA) is 115 Å². The Hall–Kier alpha value is -4.38. The van der Waals surface area contributed by atoms with Gasteiger partial charge in [-0.3, -0.25) is 19.1 Å². The number of carbonyl (C=O) groups excluding carboxylic acids is 3. The first-order valence-electron chi connectivity index (χ1n) is 14.7. The molecule has 0 unspecified atom stereocenters. The number of fused-ring (bicyclic) bond motifs is 5. The van der Waals surface area contributed by atoms with Crippen LogP contribution in [0.25, 0.3) is 0 Å². The van der Waals surface area contributed by atoms with Gasteiger partial charge in [0, 0.05) is 50.4 Å². The van der Waals surface area contributed by atoms with Crippen molar-refractivity contribution < 1.29 is 28.6 Å². The lowest BCUT2D eigenvalue weighted by Crippen LogP contribution is -2.58. The fourth-order valence-corrected chi connectivity index (χ4v) is 5.56. The molecule has 0 spiro atoms. The zero-order chi connectivity index (χ0) is 30.5. The number of nitrogens with one attached hydrogen (secondary N) is 1. The van der Waals surface area contributed by atoms with E-state index in [4.69, 9.17) is 14.2 Å². The van der Waals surface area contributed by atoms with Gasteiger partial charge in [0.1, 0.15) is 17.2 Å². The summed E-state index contributed by atoms with van der Waals surface area (Å²) in [5, 5.41) is 7.50. The van der Waals surface area contributed by atoms with Crippen LogP contribution in [-0.4, -0.2) is 82.7 Å². The van der Waals surface area contributed by atoms with E-state index in [0.717, 1.165) is 17.0 Å². The highest BCUT2D eigenvalue weighted by Gasteiger charge is 2.34. The number of hydrogen-bond donors (Lipinski definition) is 1. The SMILES string of the molecule is CCOc1cc2cc(c1)C(=O)N(C)CC(=O)N[C@H]1CN(C(=O)CCn3nc(C)cc3C)CC[C@H]1OCc1cccc(c1)O2. The molecule has 2 aliphatic heterocycles. The lowest BCUT2D eigenvalue weighted by atomic mass is 10.0. The number of benzene rings is 2. The van der Waals surface area contributed by atoms with Crippen molar-refractivity contribution in [2.45, 2.75) is 58.9 Å². The van der Waals surface area contributed by atoms with Crippen LogP contribution in [0, 0.1) is 13.8 Å². The van der Waals surface area contributed by atoms with E-state index >= 15 is 0 Å². The van der Waals surface area contributed by atoms with Crippen LogP contribution < -0.4 is 14.8 Å². The molecule has 3 heterocycles. The number of aromatic nitrogens is 2. The molecule has 43 heavy (non-hydrogen) atoms. The van der Waals surface area contributed by atoms with Crippen LogP contribution in [0.5, 0.6) is 17.2 Å². The van der Waals surface area contributed by atoms with E-state index in [1.54, 1.807) is 30.1 Å². The molecule has 1 fully saturated rings. The molecule has 0 saturated carbocycles. The number of rotatable bonds is 5. The second-order valence-corrected chi connectivity index (χ2v) is 11.1. The third-order valence-electron chi connectivity index (χ3n) is 7.65. The molecule has 0 radical (unpaired) electrons. The minimum Gasteiger partial charge on any atom is -0.494 e. The van der Waals surface area contributed by atoms with E-state index in [1.165, 1.54) is 4.90 Å². The van der Waals surface area contributed by atoms with Crippen molar-refractivity contribution in [2.75, 3.05) is 33.3 Å². The molecular formula is C32H39N5O6. The maximum Gasteiger partial charge on any atom is 0.254 e. The molecule has 0 aliphatic carbocycles. The smallest absolute Gasteiger partial charge is 0.254 e. The summed E-state index contributed by atoms with van der Waals surface area (Å²) in [4.78, 5) is 42.9. The molecule has 1 saturated heterocycles. The lowest BCUT2D eigenvalue weighted by Gasteiger charge is -2.39. The second kappa shape index (κ2) is 13.3. The van der Waals surface area contributed by atoms with E-state index in [2.05, 4.69) is 10.4 Å². The summed E-state index contributed by atoms with van der Waals surface area (Å²) in [6.45, 7) is 7.65. The standard InChI is InChI=1S/C32H39N5O6/c1-5-41-26-15-24-16-27(17-26)43-25-8-6-7-23(14-25)20-42-29-9-11-36(18-28(29)33-30(38)19-35(4)32(24)40)31(39)10-12-37-22(3)13-21(2)34-37/h6-8,13-17,28-29H,5,9-12,18-20H2,1-4H3,(H,33,38)/t28-,29+/m0/s1. The molecule has 1 N–H and O–H groups in total. The van der Waals surface area contributed by atoms with Gasteiger partial charge in [0.2, 0.25) is 11.8 Å². The van der Waals surface area contributed by atoms with Crippen molar-refractivity contribution in [3.63, 3.8) is 0 Å². The Balaban J connectivity index is 1.35. The average molecular weight is 590 g/mol. The van der Waals surface area contributed by atoms with Gasteiger partial charge in [0.15, 0.2) is 0 Å². The van der Waals surface area contributed by atoms with Gasteiger partial charge >= 0.3 is 0 Å². The number of carbonyl (C=O) groups is 3. The molecular weight excluding hydrogens is 550 g/mol. The van der Waals surface area contributed by atoms with E-state index in [0.29, 0.717) is 68.5 Å². The molecule has 11 nitrogen and oxygen atoms in total. The number of ether oxygens (including phenoxy) is 3. The number of likely N-dealkylation sites (N-methyl/N-ethyl adjacent to an activating group) is 1. The summed E-state index contributed by atoms with van der Waals surface area (Å²) in [6, 6.07) is 14.1. The van der Waals surface area contributed by atoms with Crippen LogP contribution in [-0.2, 0) is 27.5 Å². The Labute approximate surface area is 251 Å². The average Bonchev–Trinajstić information content (AvgIpc) is 3.30. The van der Waals surface area contributed by atoms with E-state index in [1.807, 2.05) is 55.8 Å². The van der Waals surface area contributed by atoms with Crippen molar-refractivity contribution in [3.8, 4) is 17.2 Å². The molecule has 11 heteroatoms. The fourth-order valence-electron chi connectivity index (χ4n) is 5.56. The zero-order valence-electron chi connectivity index (χ0n) is 25.2. The molecule has 228 valence electrons. The number of likely N-dealkylation sites (tertiary alicyclic amines) is 1. The third kappa shape index (κ3) is 7.53.